The van der Waals surface area contributed by atoms with E-state index in [1.165, 1.54) is 13.2 Å². The van der Waals surface area contributed by atoms with Crippen molar-refractivity contribution in [2.45, 2.75) is 32.9 Å². The lowest BCUT2D eigenvalue weighted by Gasteiger charge is -2.35. The predicted octanol–water partition coefficient (Wildman–Crippen LogP) is 2.66. The molecule has 0 unspecified atom stereocenters. The van der Waals surface area contributed by atoms with Gasteiger partial charge in [-0.15, -0.1) is 0 Å². The Labute approximate surface area is 147 Å². The third-order valence-corrected chi connectivity index (χ3v) is 3.87. The van der Waals surface area contributed by atoms with Crippen molar-refractivity contribution in [2.24, 2.45) is 0 Å². The molecule has 0 N–H and O–H groups in total. The first kappa shape index (κ1) is 19.0. The molecule has 1 aliphatic heterocycles. The maximum Gasteiger partial charge on any atom is 0.410 e. The van der Waals surface area contributed by atoms with Gasteiger partial charge >= 0.3 is 11.8 Å². The summed E-state index contributed by atoms with van der Waals surface area (Å²) in [6.07, 6.45) is -0.288. The smallest absolute Gasteiger partial charge is 0.410 e. The number of piperazine rings is 1. The highest BCUT2D eigenvalue weighted by Gasteiger charge is 2.26. The van der Waals surface area contributed by atoms with Gasteiger partial charge in [0, 0.05) is 38.8 Å². The van der Waals surface area contributed by atoms with Crippen molar-refractivity contribution in [3.05, 3.63) is 33.9 Å². The predicted molar refractivity (Wildman–Crippen MR) is 92.7 cm³/mol. The summed E-state index contributed by atoms with van der Waals surface area (Å²) in [5.41, 5.74) is 0.401. The van der Waals surface area contributed by atoms with E-state index >= 15 is 0 Å². The van der Waals surface area contributed by atoms with Crippen LogP contribution in [0.3, 0.4) is 0 Å². The van der Waals surface area contributed by atoms with Crippen molar-refractivity contribution >= 4 is 11.8 Å². The zero-order valence-electron chi connectivity index (χ0n) is 15.2. The van der Waals surface area contributed by atoms with Crippen molar-refractivity contribution in [3.8, 4) is 5.75 Å². The topological polar surface area (TPSA) is 85.2 Å². The molecule has 1 saturated heterocycles. The van der Waals surface area contributed by atoms with E-state index in [-0.39, 0.29) is 17.5 Å². The number of hydrogen-bond donors (Lipinski definition) is 0. The molecule has 1 aliphatic rings. The third-order valence-electron chi connectivity index (χ3n) is 3.87. The van der Waals surface area contributed by atoms with Crippen molar-refractivity contribution in [3.63, 3.8) is 0 Å². The van der Waals surface area contributed by atoms with Crippen LogP contribution >= 0.6 is 0 Å². The second kappa shape index (κ2) is 7.69. The van der Waals surface area contributed by atoms with Crippen LogP contribution in [0.4, 0.5) is 10.5 Å². The van der Waals surface area contributed by atoms with E-state index in [1.54, 1.807) is 17.0 Å². The Morgan fingerprint density at radius 3 is 2.40 bits per heavy atom. The van der Waals surface area contributed by atoms with E-state index in [1.807, 2.05) is 20.8 Å². The maximum atomic E-state index is 12.1. The van der Waals surface area contributed by atoms with Crippen LogP contribution in [0.5, 0.6) is 5.75 Å². The van der Waals surface area contributed by atoms with Crippen LogP contribution in [0.15, 0.2) is 18.2 Å². The van der Waals surface area contributed by atoms with Crippen molar-refractivity contribution in [2.75, 3.05) is 33.3 Å². The molecule has 0 spiro atoms. The number of nitro groups is 1. The fourth-order valence-electron chi connectivity index (χ4n) is 2.64. The molecule has 0 bridgehead atoms. The Morgan fingerprint density at radius 2 is 1.88 bits per heavy atom. The van der Waals surface area contributed by atoms with Crippen molar-refractivity contribution < 1.29 is 19.2 Å². The highest BCUT2D eigenvalue weighted by atomic mass is 16.6. The first-order valence-electron chi connectivity index (χ1n) is 8.21. The molecule has 8 nitrogen and oxygen atoms in total. The first-order valence-corrected chi connectivity index (χ1v) is 8.21. The zero-order valence-corrected chi connectivity index (χ0v) is 15.2. The van der Waals surface area contributed by atoms with Gasteiger partial charge in [0.2, 0.25) is 0 Å². The van der Waals surface area contributed by atoms with Crippen LogP contribution in [0, 0.1) is 10.1 Å². The monoisotopic (exact) mass is 351 g/mol. The number of amides is 1. The van der Waals surface area contributed by atoms with Crippen LogP contribution in [0.2, 0.25) is 0 Å². The van der Waals surface area contributed by atoms with Gasteiger partial charge in [0.1, 0.15) is 5.60 Å². The molecule has 2 rings (SSSR count). The largest absolute Gasteiger partial charge is 0.490 e. The number of benzene rings is 1. The molecule has 0 atom stereocenters. The normalized spacial score (nSPS) is 15.8. The number of nitro benzene ring substituents is 1. The fourth-order valence-corrected chi connectivity index (χ4v) is 2.64. The van der Waals surface area contributed by atoms with Gasteiger partial charge < -0.3 is 14.4 Å². The summed E-state index contributed by atoms with van der Waals surface area (Å²) in [7, 11) is 1.42. The summed E-state index contributed by atoms with van der Waals surface area (Å²) in [5.74, 6) is 0.259. The second-order valence-corrected chi connectivity index (χ2v) is 7.01. The standard InChI is InChI=1S/C17H25N3O5/c1-17(2,3)25-16(21)19-9-7-18(8-10-19)12-13-5-6-14(20(22)23)15(11-13)24-4/h5-6,11H,7-10,12H2,1-4H3. The SMILES string of the molecule is COc1cc(CN2CCN(C(=O)OC(C)(C)C)CC2)ccc1[N+](=O)[O-]. The number of carbonyl (C=O) groups is 1. The summed E-state index contributed by atoms with van der Waals surface area (Å²) < 4.78 is 10.5. The molecule has 8 heteroatoms. The summed E-state index contributed by atoms with van der Waals surface area (Å²) in [6, 6.07) is 4.89. The van der Waals surface area contributed by atoms with E-state index in [4.69, 9.17) is 9.47 Å². The number of nitrogens with zero attached hydrogens (tertiary/aromatic N) is 3. The first-order chi connectivity index (χ1) is 11.7. The van der Waals surface area contributed by atoms with Crippen LogP contribution in [0.1, 0.15) is 26.3 Å². The average Bonchev–Trinajstić information content (AvgIpc) is 2.53. The number of hydrogen-bond acceptors (Lipinski definition) is 6. The van der Waals surface area contributed by atoms with Gasteiger partial charge in [-0.25, -0.2) is 4.79 Å². The lowest BCUT2D eigenvalue weighted by molar-refractivity contribution is -0.385. The number of carbonyl (C=O) groups excluding carboxylic acids is 1. The molecular formula is C17H25N3O5. The molecule has 1 heterocycles. The van der Waals surface area contributed by atoms with Crippen LogP contribution in [-0.2, 0) is 11.3 Å². The minimum absolute atomic E-state index is 0.0407. The molecule has 0 saturated carbocycles. The van der Waals surface area contributed by atoms with E-state index in [2.05, 4.69) is 4.90 Å². The van der Waals surface area contributed by atoms with Crippen LogP contribution in [0.25, 0.3) is 0 Å². The molecular weight excluding hydrogens is 326 g/mol. The van der Waals surface area contributed by atoms with Gasteiger partial charge in [-0.1, -0.05) is 6.07 Å². The summed E-state index contributed by atoms with van der Waals surface area (Å²) >= 11 is 0. The Morgan fingerprint density at radius 1 is 1.24 bits per heavy atom. The summed E-state index contributed by atoms with van der Waals surface area (Å²) in [4.78, 5) is 26.5. The fraction of sp³-hybridized carbons (Fsp3) is 0.588. The van der Waals surface area contributed by atoms with E-state index in [9.17, 15) is 14.9 Å². The Kier molecular flexibility index (Phi) is 5.84. The molecule has 1 aromatic rings. The molecule has 1 amide bonds. The minimum atomic E-state index is -0.497. The quantitative estimate of drug-likeness (QED) is 0.612. The van der Waals surface area contributed by atoms with E-state index < -0.39 is 10.5 Å². The molecule has 138 valence electrons. The number of ether oxygens (including phenoxy) is 2. The van der Waals surface area contributed by atoms with E-state index in [0.717, 1.165) is 18.7 Å². The average molecular weight is 351 g/mol. The number of rotatable bonds is 4. The molecule has 0 radical (unpaired) electrons. The Bertz CT molecular complexity index is 634. The zero-order chi connectivity index (χ0) is 18.6. The van der Waals surface area contributed by atoms with Crippen molar-refractivity contribution in [1.82, 2.24) is 9.80 Å². The second-order valence-electron chi connectivity index (χ2n) is 7.01. The van der Waals surface area contributed by atoms with Gasteiger partial charge in [0.05, 0.1) is 12.0 Å². The Hall–Kier alpha value is -2.35. The summed E-state index contributed by atoms with van der Waals surface area (Å²) in [5, 5.41) is 10.9. The van der Waals surface area contributed by atoms with Gasteiger partial charge in [0.25, 0.3) is 0 Å². The highest BCUT2D eigenvalue weighted by molar-refractivity contribution is 5.68. The Balaban J connectivity index is 1.92. The summed E-state index contributed by atoms with van der Waals surface area (Å²) in [6.45, 7) is 8.83. The molecule has 0 aromatic heterocycles. The van der Waals surface area contributed by atoms with Crippen molar-refractivity contribution in [1.29, 1.82) is 0 Å². The maximum absolute atomic E-state index is 12.1. The highest BCUT2D eigenvalue weighted by Crippen LogP contribution is 2.28. The van der Waals surface area contributed by atoms with Crippen LogP contribution < -0.4 is 4.74 Å². The van der Waals surface area contributed by atoms with Gasteiger partial charge in [-0.3, -0.25) is 15.0 Å². The van der Waals surface area contributed by atoms with Gasteiger partial charge in [0.15, 0.2) is 5.75 Å². The molecule has 1 fully saturated rings. The van der Waals surface area contributed by atoms with Gasteiger partial charge in [-0.2, -0.15) is 0 Å². The molecule has 0 aliphatic carbocycles. The lowest BCUT2D eigenvalue weighted by Crippen LogP contribution is -2.49. The lowest BCUT2D eigenvalue weighted by atomic mass is 10.1. The van der Waals surface area contributed by atoms with Crippen LogP contribution in [-0.4, -0.2) is 59.7 Å². The van der Waals surface area contributed by atoms with Gasteiger partial charge in [-0.05, 0) is 32.4 Å². The molecule has 25 heavy (non-hydrogen) atoms. The third kappa shape index (κ3) is 5.32. The van der Waals surface area contributed by atoms with E-state index in [0.29, 0.717) is 19.6 Å². The number of methoxy groups -OCH3 is 1. The molecule has 1 aromatic carbocycles. The minimum Gasteiger partial charge on any atom is -0.490 e.